The lowest BCUT2D eigenvalue weighted by atomic mass is 9.73. The van der Waals surface area contributed by atoms with Gasteiger partial charge < -0.3 is 73.8 Å². The van der Waals surface area contributed by atoms with E-state index >= 15 is 33.6 Å². The van der Waals surface area contributed by atoms with Crippen LogP contribution >= 0.6 is 0 Å². The summed E-state index contributed by atoms with van der Waals surface area (Å²) in [5, 5.41) is 5.79. The van der Waals surface area contributed by atoms with E-state index in [2.05, 4.69) is 10.6 Å². The summed E-state index contributed by atoms with van der Waals surface area (Å²) in [6.45, 7) is 7.73. The van der Waals surface area contributed by atoms with Crippen LogP contribution in [0.15, 0.2) is 12.2 Å². The number of halogens is 3. The van der Waals surface area contributed by atoms with Gasteiger partial charge in [-0.25, -0.2) is 0 Å². The Hall–Kier alpha value is -6.95. The van der Waals surface area contributed by atoms with Gasteiger partial charge in [-0.3, -0.25) is 57.5 Å². The molecule has 3 unspecified atom stereocenters. The second-order valence-electron chi connectivity index (χ2n) is 31.3. The Balaban J connectivity index is 1.34. The average Bonchev–Trinajstić information content (AvgIpc) is 0.794. The number of alkyl halides is 3. The second kappa shape index (κ2) is 38.4. The fourth-order valence-electron chi connectivity index (χ4n) is 17.0. The van der Waals surface area contributed by atoms with Gasteiger partial charge in [-0.15, -0.1) is 0 Å². The molecule has 3 aliphatic heterocycles. The third-order valence-electron chi connectivity index (χ3n) is 24.3. The molecule has 1 spiro atoms. The minimum atomic E-state index is -4.52. The smallest absolute Gasteiger partial charge is 0.382 e. The summed E-state index contributed by atoms with van der Waals surface area (Å²) in [5.74, 6) is -11.0. The number of rotatable bonds is 17. The van der Waals surface area contributed by atoms with E-state index in [4.69, 9.17) is 14.2 Å². The van der Waals surface area contributed by atoms with E-state index in [1.807, 2.05) is 26.8 Å². The molecule has 0 radical (unpaired) electrons. The molecule has 7 rings (SSSR count). The standard InChI is InChI=1S/C76H123F3N12O15/c1-16-47(5)64-72(101)90(51-32-33-51)45-63(94)84(9)55-29-24-21-25-38-89(71(55)100)57(39-48-27-22-20-23-28-48)69(98)83(8)44-61(92)80-54(35-31-49-30-34-53(76(77,78)79)60(40-49)105-15)67(96)91-43-52(106-19-4)41-58(91)70(99)88(13)75(36-26-37-75)74(103)87(12)65(50(17-2)18-3)73(102)86(11)56(68(97)82(6)7)42-62(93)85(10)59(46-104-14)66(95)81-64/h21,24,47-60,64-65H,16-20,22-23,25-46H2,1-15H3,(H,80,92)(H,81,95)/b24-21-/t47-,49?,52+,53?,54-,55-,56-,57-,58-,59-,60?,64-,65-/m0/s1. The molecule has 13 atom stereocenters. The number of methoxy groups -OCH3 is 2. The molecule has 0 aromatic carbocycles. The fourth-order valence-corrected chi connectivity index (χ4v) is 17.0. The van der Waals surface area contributed by atoms with E-state index in [-0.39, 0.29) is 102 Å². The maximum Gasteiger partial charge on any atom is 0.394 e. The van der Waals surface area contributed by atoms with Gasteiger partial charge in [-0.1, -0.05) is 91.2 Å². The predicted octanol–water partition coefficient (Wildman–Crippen LogP) is 5.01. The highest BCUT2D eigenvalue weighted by Crippen LogP contribution is 2.44. The first kappa shape index (κ1) is 86.3. The Morgan fingerprint density at radius 1 is 0.660 bits per heavy atom. The van der Waals surface area contributed by atoms with Crippen molar-refractivity contribution in [3.63, 3.8) is 0 Å². The van der Waals surface area contributed by atoms with Crippen molar-refractivity contribution in [2.75, 3.05) is 110 Å². The van der Waals surface area contributed by atoms with Gasteiger partial charge in [0.2, 0.25) is 70.9 Å². The van der Waals surface area contributed by atoms with Crippen LogP contribution in [-0.2, 0) is 71.7 Å². The molecule has 27 nitrogen and oxygen atoms in total. The number of likely N-dealkylation sites (N-methyl/N-ethyl adjacent to an activating group) is 7. The van der Waals surface area contributed by atoms with Gasteiger partial charge in [0.1, 0.15) is 60.4 Å². The van der Waals surface area contributed by atoms with Gasteiger partial charge in [-0.2, -0.15) is 13.2 Å². The number of hydrogen-bond acceptors (Lipinski definition) is 15. The monoisotopic (exact) mass is 1500 g/mol. The molecule has 106 heavy (non-hydrogen) atoms. The zero-order chi connectivity index (χ0) is 78.4. The van der Waals surface area contributed by atoms with Crippen molar-refractivity contribution in [2.45, 2.75) is 261 Å². The molecule has 3 heterocycles. The largest absolute Gasteiger partial charge is 0.394 e. The molecule has 0 aromatic rings. The molecule has 0 aromatic heterocycles. The SMILES string of the molecule is CCO[C@@H]1C[C@H]2C(=O)N(C)C3(CCC3)C(=O)N(C)[C@@H](C(CC)CC)C(=O)N(C)[C@H](C(=O)N(C)C)CC(=O)N(C)[C@@H](COC)C(=O)N[C@@H]([C@@H](C)CC)C(=O)N(C3CC3)CC(=O)N(C)[C@H]3C/C=C\CCN(C3=O)[C@@H](CC3CCCCC3)C(=O)N(C)CC(=O)N[C@@H](CCC3CCC(C(F)(F)F)C(OC)C3)C(=O)N2C1. The minimum absolute atomic E-state index is 0.00795. The van der Waals surface area contributed by atoms with Gasteiger partial charge in [0, 0.05) is 103 Å². The van der Waals surface area contributed by atoms with Crippen LogP contribution in [0.5, 0.6) is 0 Å². The van der Waals surface area contributed by atoms with Crippen LogP contribution in [-0.4, -0.2) is 308 Å². The number of hydrogen-bond donors (Lipinski definition) is 2. The number of fused-ring (bicyclic) bond motifs is 3. The van der Waals surface area contributed by atoms with E-state index < -0.39 is 186 Å². The fraction of sp³-hybridized carbons (Fsp3) is 0.816. The third kappa shape index (κ3) is 20.3. The van der Waals surface area contributed by atoms with Crippen LogP contribution in [0.25, 0.3) is 0 Å². The molecular formula is C76H123F3N12O15. The van der Waals surface area contributed by atoms with E-state index in [1.165, 1.54) is 110 Å². The zero-order valence-corrected chi connectivity index (χ0v) is 65.6. The summed E-state index contributed by atoms with van der Waals surface area (Å²) in [6, 6.07) is -10.8. The number of amides is 12. The first-order valence-corrected chi connectivity index (χ1v) is 38.8. The second-order valence-corrected chi connectivity index (χ2v) is 31.3. The van der Waals surface area contributed by atoms with Crippen LogP contribution in [0.1, 0.15) is 182 Å². The molecule has 2 bridgehead atoms. The van der Waals surface area contributed by atoms with Gasteiger partial charge in [0.05, 0.1) is 37.7 Å². The Labute approximate surface area is 625 Å². The van der Waals surface area contributed by atoms with Crippen molar-refractivity contribution in [3.05, 3.63) is 12.2 Å². The van der Waals surface area contributed by atoms with Crippen LogP contribution in [0.4, 0.5) is 13.2 Å². The molecule has 598 valence electrons. The lowest BCUT2D eigenvalue weighted by molar-refractivity contribution is -0.215. The van der Waals surface area contributed by atoms with Gasteiger partial charge >= 0.3 is 6.18 Å². The third-order valence-corrected chi connectivity index (χ3v) is 24.3. The minimum Gasteiger partial charge on any atom is -0.382 e. The lowest BCUT2D eigenvalue weighted by Gasteiger charge is -2.51. The highest BCUT2D eigenvalue weighted by Gasteiger charge is 2.57. The van der Waals surface area contributed by atoms with Crippen molar-refractivity contribution >= 4 is 70.9 Å². The molecule has 12 amide bonds. The molecule has 6 fully saturated rings. The molecule has 2 N–H and O–H groups in total. The molecule has 2 saturated heterocycles. The van der Waals surface area contributed by atoms with E-state index in [0.29, 0.717) is 44.9 Å². The maximum absolute atomic E-state index is 15.7. The zero-order valence-electron chi connectivity index (χ0n) is 65.6. The molecule has 7 aliphatic rings. The Morgan fingerprint density at radius 2 is 1.33 bits per heavy atom. The van der Waals surface area contributed by atoms with Crippen molar-refractivity contribution in [1.29, 1.82) is 0 Å². The van der Waals surface area contributed by atoms with Crippen LogP contribution in [0.2, 0.25) is 0 Å². The Bertz CT molecular complexity index is 3120. The summed E-state index contributed by atoms with van der Waals surface area (Å²) < 4.78 is 60.1. The normalized spacial score (nSPS) is 30.1. The maximum atomic E-state index is 15.7. The quantitative estimate of drug-likeness (QED) is 0.181. The number of carbonyl (C=O) groups excluding carboxylic acids is 12. The summed E-state index contributed by atoms with van der Waals surface area (Å²) >= 11 is 0. The number of ether oxygens (including phenoxy) is 3. The first-order valence-electron chi connectivity index (χ1n) is 38.8. The number of carbonyl (C=O) groups is 12. The topological polar surface area (TPSA) is 289 Å². The number of nitrogens with zero attached hydrogens (tertiary/aromatic N) is 10. The van der Waals surface area contributed by atoms with E-state index in [1.54, 1.807) is 19.9 Å². The van der Waals surface area contributed by atoms with Gasteiger partial charge in [0.15, 0.2) is 0 Å². The molecule has 4 aliphatic carbocycles. The van der Waals surface area contributed by atoms with Crippen molar-refractivity contribution < 1.29 is 84.9 Å². The summed E-state index contributed by atoms with van der Waals surface area (Å²) in [7, 11) is 14.1. The number of nitrogens with one attached hydrogen (secondary N) is 2. The summed E-state index contributed by atoms with van der Waals surface area (Å²) in [4.78, 5) is 196. The van der Waals surface area contributed by atoms with Crippen molar-refractivity contribution in [2.24, 2.45) is 29.6 Å². The predicted molar refractivity (Wildman–Crippen MR) is 388 cm³/mol. The molecular weight excluding hydrogens is 1380 g/mol. The summed E-state index contributed by atoms with van der Waals surface area (Å²) in [6.07, 6.45) is 4.58. The van der Waals surface area contributed by atoms with Crippen LogP contribution in [0, 0.1) is 29.6 Å². The Kier molecular flexibility index (Phi) is 31.3. The summed E-state index contributed by atoms with van der Waals surface area (Å²) in [5.41, 5.74) is -1.57. The van der Waals surface area contributed by atoms with Crippen molar-refractivity contribution in [1.82, 2.24) is 59.6 Å². The first-order chi connectivity index (χ1) is 50.2. The highest BCUT2D eigenvalue weighted by molar-refractivity contribution is 6.01. The average molecular weight is 1500 g/mol. The molecule has 4 saturated carbocycles. The Morgan fingerprint density at radius 3 is 1.91 bits per heavy atom. The van der Waals surface area contributed by atoms with Gasteiger partial charge in [0.25, 0.3) is 0 Å². The highest BCUT2D eigenvalue weighted by atomic mass is 19.4. The molecule has 30 heteroatoms. The van der Waals surface area contributed by atoms with E-state index in [9.17, 15) is 37.1 Å². The van der Waals surface area contributed by atoms with Crippen LogP contribution in [0.3, 0.4) is 0 Å². The van der Waals surface area contributed by atoms with Crippen LogP contribution < -0.4 is 10.6 Å². The lowest BCUT2D eigenvalue weighted by Crippen LogP contribution is -2.68. The van der Waals surface area contributed by atoms with Crippen molar-refractivity contribution in [3.8, 4) is 0 Å². The van der Waals surface area contributed by atoms with Gasteiger partial charge in [-0.05, 0) is 114 Å². The van der Waals surface area contributed by atoms with E-state index in [0.717, 1.165) is 41.9 Å².